The number of aromatic amines is 1. The lowest BCUT2D eigenvalue weighted by atomic mass is 9.86. The van der Waals surface area contributed by atoms with E-state index in [1.54, 1.807) is 18.3 Å². The lowest BCUT2D eigenvalue weighted by Gasteiger charge is -2.41. The zero-order chi connectivity index (χ0) is 29.9. The average molecular weight is 586 g/mol. The van der Waals surface area contributed by atoms with Crippen molar-refractivity contribution in [2.75, 3.05) is 40.0 Å². The van der Waals surface area contributed by atoms with Gasteiger partial charge in [-0.05, 0) is 68.1 Å². The van der Waals surface area contributed by atoms with E-state index in [0.29, 0.717) is 62.6 Å². The Kier molecular flexibility index (Phi) is 8.49. The van der Waals surface area contributed by atoms with Gasteiger partial charge in [0.25, 0.3) is 0 Å². The molecule has 0 saturated carbocycles. The van der Waals surface area contributed by atoms with Gasteiger partial charge in [-0.3, -0.25) is 24.6 Å². The monoisotopic (exact) mass is 585 g/mol. The van der Waals surface area contributed by atoms with Gasteiger partial charge in [-0.25, -0.2) is 4.39 Å². The number of carbonyl (C=O) groups is 2. The van der Waals surface area contributed by atoms with Gasteiger partial charge in [0.05, 0.1) is 31.9 Å². The molecule has 0 aliphatic carbocycles. The molecule has 2 aliphatic rings. The number of pyridine rings is 1. The van der Waals surface area contributed by atoms with Crippen molar-refractivity contribution in [3.05, 3.63) is 77.4 Å². The molecule has 0 bridgehead atoms. The van der Waals surface area contributed by atoms with Crippen LogP contribution in [-0.4, -0.2) is 82.7 Å². The lowest BCUT2D eigenvalue weighted by Crippen LogP contribution is -2.54. The van der Waals surface area contributed by atoms with Crippen molar-refractivity contribution in [1.29, 1.82) is 0 Å². The SMILES string of the molecule is COc1cccc(F)c1CN1C[C@H](CC(=O)c2ccc3[nH]nc(-c4ccnc(C)c4)c3c2)CC[C@H]1C(=O)N1CCOCC1. The van der Waals surface area contributed by atoms with Crippen LogP contribution < -0.4 is 4.74 Å². The minimum atomic E-state index is -0.401. The van der Waals surface area contributed by atoms with E-state index in [2.05, 4.69) is 15.2 Å². The molecule has 43 heavy (non-hydrogen) atoms. The maximum absolute atomic E-state index is 15.0. The Morgan fingerprint density at radius 3 is 2.74 bits per heavy atom. The number of Topliss-reactive ketones (excluding diaryl/α,β-unsaturated/α-hetero) is 1. The second kappa shape index (κ2) is 12.6. The Hall–Kier alpha value is -4.15. The molecule has 0 radical (unpaired) electrons. The third kappa shape index (κ3) is 6.16. The number of aryl methyl sites for hydroxylation is 1. The fraction of sp³-hybridized carbons (Fsp3) is 0.394. The molecule has 10 heteroatoms. The van der Waals surface area contributed by atoms with E-state index >= 15 is 0 Å². The van der Waals surface area contributed by atoms with Crippen molar-refractivity contribution < 1.29 is 23.5 Å². The number of H-pyrrole nitrogens is 1. The van der Waals surface area contributed by atoms with Gasteiger partial charge in [0.2, 0.25) is 5.91 Å². The Labute approximate surface area is 250 Å². The molecular weight excluding hydrogens is 549 g/mol. The summed E-state index contributed by atoms with van der Waals surface area (Å²) in [6.07, 6.45) is 3.41. The quantitative estimate of drug-likeness (QED) is 0.297. The number of methoxy groups -OCH3 is 1. The number of fused-ring (bicyclic) bond motifs is 1. The topological polar surface area (TPSA) is 101 Å². The van der Waals surface area contributed by atoms with Crippen molar-refractivity contribution in [1.82, 2.24) is 25.0 Å². The number of piperidine rings is 1. The lowest BCUT2D eigenvalue weighted by molar-refractivity contribution is -0.143. The molecule has 9 nitrogen and oxygen atoms in total. The molecule has 0 spiro atoms. The molecule has 2 atom stereocenters. The highest BCUT2D eigenvalue weighted by Gasteiger charge is 2.37. The molecule has 0 unspecified atom stereocenters. The van der Waals surface area contributed by atoms with Crippen LogP contribution in [0, 0.1) is 18.7 Å². The second-order valence-electron chi connectivity index (χ2n) is 11.4. The summed E-state index contributed by atoms with van der Waals surface area (Å²) in [6, 6.07) is 13.9. The summed E-state index contributed by atoms with van der Waals surface area (Å²) < 4.78 is 25.9. The van der Waals surface area contributed by atoms with Gasteiger partial charge >= 0.3 is 0 Å². The maximum atomic E-state index is 15.0. The van der Waals surface area contributed by atoms with E-state index in [1.807, 2.05) is 47.1 Å². The van der Waals surface area contributed by atoms with Gasteiger partial charge in [0.15, 0.2) is 5.78 Å². The van der Waals surface area contributed by atoms with E-state index in [4.69, 9.17) is 9.47 Å². The number of aromatic nitrogens is 3. The Morgan fingerprint density at radius 2 is 1.95 bits per heavy atom. The minimum Gasteiger partial charge on any atom is -0.496 e. The molecule has 6 rings (SSSR count). The first-order valence-electron chi connectivity index (χ1n) is 14.8. The van der Waals surface area contributed by atoms with Crippen LogP contribution in [0.3, 0.4) is 0 Å². The summed E-state index contributed by atoms with van der Waals surface area (Å²) in [5.41, 5.74) is 4.50. The van der Waals surface area contributed by atoms with E-state index < -0.39 is 6.04 Å². The summed E-state index contributed by atoms with van der Waals surface area (Å²) in [5.74, 6) is 0.161. The Bertz CT molecular complexity index is 1630. The van der Waals surface area contributed by atoms with Crippen LogP contribution in [0.5, 0.6) is 5.75 Å². The summed E-state index contributed by atoms with van der Waals surface area (Å²) in [7, 11) is 1.52. The van der Waals surface area contributed by atoms with Crippen LogP contribution in [0.15, 0.2) is 54.7 Å². The van der Waals surface area contributed by atoms with Crippen molar-refractivity contribution in [3.8, 4) is 17.0 Å². The van der Waals surface area contributed by atoms with E-state index in [9.17, 15) is 14.0 Å². The predicted molar refractivity (Wildman–Crippen MR) is 160 cm³/mol. The molecule has 4 heterocycles. The van der Waals surface area contributed by atoms with Gasteiger partial charge in [0.1, 0.15) is 17.3 Å². The molecule has 1 N–H and O–H groups in total. The molecular formula is C33H36FN5O4. The van der Waals surface area contributed by atoms with E-state index in [1.165, 1.54) is 13.2 Å². The van der Waals surface area contributed by atoms with Gasteiger partial charge in [-0.1, -0.05) is 6.07 Å². The third-order valence-electron chi connectivity index (χ3n) is 8.58. The molecule has 1 amide bonds. The molecule has 2 aromatic heterocycles. The number of benzene rings is 2. The van der Waals surface area contributed by atoms with Crippen LogP contribution in [-0.2, 0) is 16.1 Å². The van der Waals surface area contributed by atoms with Gasteiger partial charge in [-0.15, -0.1) is 0 Å². The number of rotatable bonds is 8. The molecule has 2 saturated heterocycles. The number of hydrogen-bond acceptors (Lipinski definition) is 7. The predicted octanol–water partition coefficient (Wildman–Crippen LogP) is 4.79. The van der Waals surface area contributed by atoms with Crippen LogP contribution in [0.4, 0.5) is 4.39 Å². The number of halogens is 1. The van der Waals surface area contributed by atoms with Gasteiger partial charge in [0, 0.05) is 66.6 Å². The number of nitrogens with zero attached hydrogens (tertiary/aromatic N) is 4. The van der Waals surface area contributed by atoms with Crippen molar-refractivity contribution >= 4 is 22.6 Å². The number of morpholine rings is 1. The standard InChI is InChI=1S/C33H36FN5O4/c1-21-16-24(10-11-35-21)32-25-18-23(7-8-28(25)36-37-32)30(40)17-22-6-9-29(33(41)38-12-14-43-15-13-38)39(19-22)20-26-27(34)4-3-5-31(26)42-2/h3-5,7-8,10-11,16,18,22,29H,6,9,12-15,17,19-20H2,1-2H3,(H,36,37)/t22-,29-/m0/s1. The smallest absolute Gasteiger partial charge is 0.240 e. The number of carbonyl (C=O) groups excluding carboxylic acids is 2. The average Bonchev–Trinajstić information content (AvgIpc) is 3.46. The normalized spacial score (nSPS) is 19.5. The van der Waals surface area contributed by atoms with Gasteiger partial charge < -0.3 is 14.4 Å². The first-order chi connectivity index (χ1) is 20.9. The van der Waals surface area contributed by atoms with Gasteiger partial charge in [-0.2, -0.15) is 5.10 Å². The van der Waals surface area contributed by atoms with Crippen LogP contribution in [0.2, 0.25) is 0 Å². The van der Waals surface area contributed by atoms with E-state index in [0.717, 1.165) is 34.3 Å². The number of nitrogens with one attached hydrogen (secondary N) is 1. The summed E-state index contributed by atoms with van der Waals surface area (Å²) in [6.45, 7) is 4.77. The van der Waals surface area contributed by atoms with Crippen LogP contribution in [0.25, 0.3) is 22.2 Å². The number of amides is 1. The Balaban J connectivity index is 1.22. The number of hydrogen-bond donors (Lipinski definition) is 1. The summed E-state index contributed by atoms with van der Waals surface area (Å²) >= 11 is 0. The first kappa shape index (κ1) is 28.9. The molecule has 2 aliphatic heterocycles. The third-order valence-corrected chi connectivity index (χ3v) is 8.58. The molecule has 2 aromatic carbocycles. The van der Waals surface area contributed by atoms with E-state index in [-0.39, 0.29) is 30.0 Å². The largest absolute Gasteiger partial charge is 0.496 e. The highest BCUT2D eigenvalue weighted by Crippen LogP contribution is 2.33. The number of ether oxygens (including phenoxy) is 2. The first-order valence-corrected chi connectivity index (χ1v) is 14.8. The fourth-order valence-electron chi connectivity index (χ4n) is 6.31. The van der Waals surface area contributed by atoms with Crippen LogP contribution >= 0.6 is 0 Å². The number of likely N-dealkylation sites (tertiary alicyclic amines) is 1. The van der Waals surface area contributed by atoms with Crippen LogP contribution in [0.1, 0.15) is 40.9 Å². The second-order valence-corrected chi connectivity index (χ2v) is 11.4. The molecule has 224 valence electrons. The fourth-order valence-corrected chi connectivity index (χ4v) is 6.31. The highest BCUT2D eigenvalue weighted by molar-refractivity contribution is 6.02. The number of ketones is 1. The molecule has 4 aromatic rings. The molecule has 2 fully saturated rings. The zero-order valence-electron chi connectivity index (χ0n) is 24.5. The van der Waals surface area contributed by atoms with Crippen molar-refractivity contribution in [3.63, 3.8) is 0 Å². The van der Waals surface area contributed by atoms with Crippen molar-refractivity contribution in [2.45, 2.75) is 38.8 Å². The van der Waals surface area contributed by atoms with Crippen molar-refractivity contribution in [2.24, 2.45) is 5.92 Å². The summed E-state index contributed by atoms with van der Waals surface area (Å²) in [5, 5.41) is 8.45. The Morgan fingerprint density at radius 1 is 1.12 bits per heavy atom. The highest BCUT2D eigenvalue weighted by atomic mass is 19.1. The zero-order valence-corrected chi connectivity index (χ0v) is 24.5. The summed E-state index contributed by atoms with van der Waals surface area (Å²) in [4.78, 5) is 35.4. The maximum Gasteiger partial charge on any atom is 0.240 e. The minimum absolute atomic E-state index is 0.0152.